The highest BCUT2D eigenvalue weighted by Gasteiger charge is 2.23. The van der Waals surface area contributed by atoms with Gasteiger partial charge in [0.15, 0.2) is 5.65 Å². The van der Waals surface area contributed by atoms with Crippen LogP contribution < -0.4 is 5.56 Å². The van der Waals surface area contributed by atoms with Gasteiger partial charge in [-0.05, 0) is 55.9 Å². The van der Waals surface area contributed by atoms with Crippen LogP contribution >= 0.6 is 11.3 Å². The van der Waals surface area contributed by atoms with Gasteiger partial charge in [-0.15, -0.1) is 11.3 Å². The number of thiophene rings is 1. The zero-order valence-corrected chi connectivity index (χ0v) is 17.7. The highest BCUT2D eigenvalue weighted by molar-refractivity contribution is 7.18. The molecule has 6 heteroatoms. The lowest BCUT2D eigenvalue weighted by Crippen LogP contribution is -2.31. The molecule has 0 saturated heterocycles. The second-order valence-electron chi connectivity index (χ2n) is 7.73. The largest absolute Gasteiger partial charge is 0.334 e. The van der Waals surface area contributed by atoms with Crippen LogP contribution in [0.1, 0.15) is 46.1 Å². The molecule has 0 fully saturated rings. The first-order valence-electron chi connectivity index (χ1n) is 10.5. The van der Waals surface area contributed by atoms with Crippen molar-refractivity contribution in [3.05, 3.63) is 80.6 Å². The van der Waals surface area contributed by atoms with Crippen LogP contribution in [-0.4, -0.2) is 26.7 Å². The number of nitrogens with zero attached hydrogens (tertiary/aromatic N) is 3. The third kappa shape index (κ3) is 3.12. The summed E-state index contributed by atoms with van der Waals surface area (Å²) < 4.78 is 1.55. The molecular formula is C24H23N3O2S. The molecule has 1 aliphatic carbocycles. The first-order valence-corrected chi connectivity index (χ1v) is 11.3. The van der Waals surface area contributed by atoms with Crippen LogP contribution in [0.3, 0.4) is 0 Å². The van der Waals surface area contributed by atoms with Crippen LogP contribution in [-0.2, 0) is 19.4 Å². The molecule has 0 bridgehead atoms. The van der Waals surface area contributed by atoms with E-state index in [-0.39, 0.29) is 11.5 Å². The van der Waals surface area contributed by atoms with Gasteiger partial charge in [0.25, 0.3) is 11.5 Å². The van der Waals surface area contributed by atoms with E-state index in [1.54, 1.807) is 39.0 Å². The van der Waals surface area contributed by atoms with Gasteiger partial charge in [0, 0.05) is 24.2 Å². The number of aromatic nitrogens is 2. The average molecular weight is 418 g/mol. The molecule has 0 N–H and O–H groups in total. The van der Waals surface area contributed by atoms with E-state index in [4.69, 9.17) is 4.98 Å². The molecule has 0 aliphatic heterocycles. The molecule has 5 rings (SSSR count). The zero-order valence-electron chi connectivity index (χ0n) is 16.9. The Balaban J connectivity index is 1.63. The summed E-state index contributed by atoms with van der Waals surface area (Å²) in [4.78, 5) is 35.4. The second-order valence-corrected chi connectivity index (χ2v) is 8.81. The van der Waals surface area contributed by atoms with Gasteiger partial charge in [0.1, 0.15) is 4.83 Å². The van der Waals surface area contributed by atoms with E-state index < -0.39 is 0 Å². The number of carbonyl (C=O) groups is 1. The molecule has 0 radical (unpaired) electrons. The molecule has 4 aromatic rings. The van der Waals surface area contributed by atoms with Crippen molar-refractivity contribution in [2.75, 3.05) is 6.54 Å². The van der Waals surface area contributed by atoms with Gasteiger partial charge < -0.3 is 4.90 Å². The summed E-state index contributed by atoms with van der Waals surface area (Å²) >= 11 is 1.62. The molecule has 0 atom stereocenters. The first-order chi connectivity index (χ1) is 14.7. The minimum Gasteiger partial charge on any atom is -0.334 e. The van der Waals surface area contributed by atoms with E-state index in [1.165, 1.54) is 10.4 Å². The normalized spacial score (nSPS) is 13.5. The minimum atomic E-state index is -0.105. The first kappa shape index (κ1) is 19.0. The summed E-state index contributed by atoms with van der Waals surface area (Å²) in [5, 5.41) is 0.744. The van der Waals surface area contributed by atoms with Gasteiger partial charge in [-0.2, -0.15) is 0 Å². The van der Waals surface area contributed by atoms with E-state index in [9.17, 15) is 9.59 Å². The lowest BCUT2D eigenvalue weighted by Gasteiger charge is -2.21. The number of fused-ring (bicyclic) bond motifs is 4. The quantitative estimate of drug-likeness (QED) is 0.493. The van der Waals surface area contributed by atoms with Crippen LogP contribution in [0.15, 0.2) is 53.5 Å². The van der Waals surface area contributed by atoms with E-state index in [2.05, 4.69) is 0 Å². The van der Waals surface area contributed by atoms with E-state index in [0.717, 1.165) is 41.5 Å². The summed E-state index contributed by atoms with van der Waals surface area (Å²) in [5.74, 6) is -0.105. The fourth-order valence-electron chi connectivity index (χ4n) is 4.31. The van der Waals surface area contributed by atoms with Crippen molar-refractivity contribution in [2.24, 2.45) is 0 Å². The molecule has 1 amide bonds. The van der Waals surface area contributed by atoms with Crippen molar-refractivity contribution >= 4 is 33.1 Å². The summed E-state index contributed by atoms with van der Waals surface area (Å²) in [7, 11) is 0. The van der Waals surface area contributed by atoms with E-state index >= 15 is 0 Å². The monoisotopic (exact) mass is 417 g/mol. The van der Waals surface area contributed by atoms with Gasteiger partial charge in [-0.3, -0.25) is 14.0 Å². The third-order valence-electron chi connectivity index (χ3n) is 5.88. The molecule has 0 unspecified atom stereocenters. The molecular weight excluding hydrogens is 394 g/mol. The lowest BCUT2D eigenvalue weighted by atomic mass is 9.97. The number of rotatable bonds is 4. The number of aryl methyl sites for hydroxylation is 2. The number of hydrogen-bond donors (Lipinski definition) is 0. The molecule has 152 valence electrons. The Hall–Kier alpha value is -2.99. The Labute approximate surface area is 178 Å². The maximum Gasteiger partial charge on any atom is 0.266 e. The number of benzene rings is 1. The predicted molar refractivity (Wildman–Crippen MR) is 120 cm³/mol. The fourth-order valence-corrected chi connectivity index (χ4v) is 5.57. The van der Waals surface area contributed by atoms with Crippen molar-refractivity contribution in [1.29, 1.82) is 0 Å². The number of carbonyl (C=O) groups excluding carboxylic acids is 1. The van der Waals surface area contributed by atoms with Crippen LogP contribution in [0.4, 0.5) is 0 Å². The maximum atomic E-state index is 13.4. The molecule has 1 aromatic carbocycles. The Kier molecular flexibility index (Phi) is 4.87. The van der Waals surface area contributed by atoms with Gasteiger partial charge in [0.05, 0.1) is 10.9 Å². The molecule has 3 heterocycles. The van der Waals surface area contributed by atoms with E-state index in [0.29, 0.717) is 24.3 Å². The minimum absolute atomic E-state index is 0.0600. The molecule has 0 spiro atoms. The Morgan fingerprint density at radius 2 is 1.93 bits per heavy atom. The third-order valence-corrected chi connectivity index (χ3v) is 7.06. The van der Waals surface area contributed by atoms with E-state index in [1.807, 2.05) is 37.3 Å². The molecule has 1 aliphatic rings. The van der Waals surface area contributed by atoms with Crippen LogP contribution in [0.5, 0.6) is 0 Å². The summed E-state index contributed by atoms with van der Waals surface area (Å²) in [6, 6.07) is 13.5. The van der Waals surface area contributed by atoms with Crippen molar-refractivity contribution in [2.45, 2.75) is 39.2 Å². The maximum absolute atomic E-state index is 13.4. The highest BCUT2D eigenvalue weighted by atomic mass is 32.1. The second kappa shape index (κ2) is 7.69. The SMILES string of the molecule is CCN(Cc1ccccc1)C(=O)c1cccn2c(=O)c3c4c(sc3nc12)CCCC4. The molecule has 0 saturated carbocycles. The predicted octanol–water partition coefficient (Wildman–Crippen LogP) is 4.45. The summed E-state index contributed by atoms with van der Waals surface area (Å²) in [6.07, 6.45) is 5.96. The lowest BCUT2D eigenvalue weighted by molar-refractivity contribution is 0.0754. The molecule has 3 aromatic heterocycles. The van der Waals surface area contributed by atoms with Crippen LogP contribution in [0, 0.1) is 0 Å². The van der Waals surface area contributed by atoms with Gasteiger partial charge in [0.2, 0.25) is 0 Å². The average Bonchev–Trinajstić information content (AvgIpc) is 3.16. The molecule has 5 nitrogen and oxygen atoms in total. The fraction of sp³-hybridized carbons (Fsp3) is 0.292. The van der Waals surface area contributed by atoms with Crippen molar-refractivity contribution in [1.82, 2.24) is 14.3 Å². The number of hydrogen-bond acceptors (Lipinski definition) is 4. The smallest absolute Gasteiger partial charge is 0.266 e. The van der Waals surface area contributed by atoms with Crippen molar-refractivity contribution < 1.29 is 4.79 Å². The summed E-state index contributed by atoms with van der Waals surface area (Å²) in [5.41, 5.74) is 3.11. The Morgan fingerprint density at radius 3 is 2.73 bits per heavy atom. The van der Waals surface area contributed by atoms with Gasteiger partial charge in [-0.1, -0.05) is 30.3 Å². The van der Waals surface area contributed by atoms with Gasteiger partial charge in [-0.25, -0.2) is 4.98 Å². The topological polar surface area (TPSA) is 54.7 Å². The molecule has 30 heavy (non-hydrogen) atoms. The van der Waals surface area contributed by atoms with Crippen LogP contribution in [0.25, 0.3) is 15.9 Å². The van der Waals surface area contributed by atoms with Gasteiger partial charge >= 0.3 is 0 Å². The number of amides is 1. The number of pyridine rings is 1. The van der Waals surface area contributed by atoms with Crippen molar-refractivity contribution in [3.8, 4) is 0 Å². The Bertz CT molecular complexity index is 1310. The Morgan fingerprint density at radius 1 is 1.13 bits per heavy atom. The zero-order chi connectivity index (χ0) is 20.7. The summed E-state index contributed by atoms with van der Waals surface area (Å²) in [6.45, 7) is 3.07. The van der Waals surface area contributed by atoms with Crippen LogP contribution in [0.2, 0.25) is 0 Å². The highest BCUT2D eigenvalue weighted by Crippen LogP contribution is 2.34. The van der Waals surface area contributed by atoms with Crippen molar-refractivity contribution in [3.63, 3.8) is 0 Å². The standard InChI is InChI=1S/C24H23N3O2S/c1-2-26(15-16-9-4-3-5-10-16)23(28)18-12-8-14-27-21(18)25-22-20(24(27)29)17-11-6-7-13-19(17)30-22/h3-5,8-10,12,14H,2,6-7,11,13,15H2,1H3.